The molecule has 0 saturated carbocycles. The highest BCUT2D eigenvalue weighted by molar-refractivity contribution is 5.99. The summed E-state index contributed by atoms with van der Waals surface area (Å²) in [6.07, 6.45) is 13.6. The third-order valence-electron chi connectivity index (χ3n) is 5.06. The summed E-state index contributed by atoms with van der Waals surface area (Å²) >= 11 is 0. The molecule has 1 fully saturated rings. The number of carboxylic acids is 1. The van der Waals surface area contributed by atoms with Gasteiger partial charge in [-0.25, -0.2) is 4.79 Å². The molecule has 1 aromatic rings. The number of hydrogen-bond donors (Lipinski definition) is 3. The van der Waals surface area contributed by atoms with Crippen LogP contribution in [0.5, 0.6) is 0 Å². The predicted molar refractivity (Wildman–Crippen MR) is 124 cm³/mol. The van der Waals surface area contributed by atoms with Crippen molar-refractivity contribution in [1.29, 1.82) is 0 Å². The Hall–Kier alpha value is -2.97. The van der Waals surface area contributed by atoms with Gasteiger partial charge in [0.15, 0.2) is 0 Å². The van der Waals surface area contributed by atoms with E-state index in [1.54, 1.807) is 31.2 Å². The van der Waals surface area contributed by atoms with Crippen LogP contribution in [-0.2, 0) is 0 Å². The van der Waals surface area contributed by atoms with E-state index >= 15 is 0 Å². The van der Waals surface area contributed by atoms with Gasteiger partial charge in [-0.1, -0.05) is 37.3 Å². The molecule has 0 radical (unpaired) electrons. The standard InChI is InChI=1S/C22H29NO4.C3H4/c1-4-8-16(6-3)22(27)12-14-23(15-13-22)18-11-7-10-17(19(24)9-5-2)20(18)21(25)26;1-3-2/h4,6-11,24,27H,5,12-15H2,1-3H3,(H,25,26);1H,2H3/b8-4-,16-6+,19-9+;. The highest BCUT2D eigenvalue weighted by Gasteiger charge is 2.35. The van der Waals surface area contributed by atoms with Crippen LogP contribution in [0.2, 0.25) is 0 Å². The Morgan fingerprint density at radius 2 is 1.87 bits per heavy atom. The topological polar surface area (TPSA) is 81.0 Å². The normalized spacial score (nSPS) is 16.6. The van der Waals surface area contributed by atoms with Crippen LogP contribution in [0.1, 0.15) is 62.9 Å². The molecule has 0 aliphatic carbocycles. The Labute approximate surface area is 180 Å². The molecule has 0 spiro atoms. The highest BCUT2D eigenvalue weighted by Crippen LogP contribution is 2.35. The summed E-state index contributed by atoms with van der Waals surface area (Å²) < 4.78 is 0. The van der Waals surface area contributed by atoms with Crippen molar-refractivity contribution >= 4 is 17.4 Å². The van der Waals surface area contributed by atoms with Gasteiger partial charge in [0.2, 0.25) is 0 Å². The quantitative estimate of drug-likeness (QED) is 0.341. The van der Waals surface area contributed by atoms with Crippen LogP contribution in [0.4, 0.5) is 5.69 Å². The molecule has 2 rings (SSSR count). The Morgan fingerprint density at radius 3 is 2.33 bits per heavy atom. The molecule has 5 heteroatoms. The van der Waals surface area contributed by atoms with E-state index in [4.69, 9.17) is 0 Å². The Kier molecular flexibility index (Phi) is 9.94. The molecule has 0 aromatic heterocycles. The van der Waals surface area contributed by atoms with Gasteiger partial charge in [-0.3, -0.25) is 0 Å². The Morgan fingerprint density at radius 1 is 1.27 bits per heavy atom. The summed E-state index contributed by atoms with van der Waals surface area (Å²) in [5.41, 5.74) is 0.991. The first-order valence-electron chi connectivity index (χ1n) is 10.2. The third-order valence-corrected chi connectivity index (χ3v) is 5.06. The van der Waals surface area contributed by atoms with Crippen molar-refractivity contribution in [3.8, 4) is 12.3 Å². The van der Waals surface area contributed by atoms with Gasteiger partial charge in [-0.05, 0) is 57.7 Å². The van der Waals surface area contributed by atoms with E-state index in [1.807, 2.05) is 43.9 Å². The molecule has 3 N–H and O–H groups in total. The number of nitrogens with zero attached hydrogens (tertiary/aromatic N) is 1. The average molecular weight is 412 g/mol. The summed E-state index contributed by atoms with van der Waals surface area (Å²) in [5.74, 6) is 1.16. The number of allylic oxidation sites excluding steroid dienone is 3. The number of piperidine rings is 1. The zero-order valence-electron chi connectivity index (χ0n) is 18.4. The molecule has 1 saturated heterocycles. The maximum atomic E-state index is 11.9. The SMILES string of the molecule is C#CC.C/C=C\C(=C/C)C1(O)CCN(c2cccc(/C(O)=C\CC)c2C(=O)O)CC1. The molecule has 0 amide bonds. The van der Waals surface area contributed by atoms with Gasteiger partial charge < -0.3 is 20.2 Å². The van der Waals surface area contributed by atoms with Crippen LogP contribution in [0, 0.1) is 12.3 Å². The number of anilines is 1. The minimum atomic E-state index is -1.07. The highest BCUT2D eigenvalue weighted by atomic mass is 16.4. The molecule has 5 nitrogen and oxygen atoms in total. The lowest BCUT2D eigenvalue weighted by atomic mass is 9.83. The van der Waals surface area contributed by atoms with Gasteiger partial charge in [-0.2, -0.15) is 0 Å². The van der Waals surface area contributed by atoms with E-state index in [-0.39, 0.29) is 11.3 Å². The first kappa shape index (κ1) is 25.1. The van der Waals surface area contributed by atoms with E-state index in [1.165, 1.54) is 0 Å². The maximum Gasteiger partial charge on any atom is 0.338 e. The molecule has 1 aliphatic rings. The third kappa shape index (κ3) is 6.01. The fraction of sp³-hybridized carbons (Fsp3) is 0.400. The predicted octanol–water partition coefficient (Wildman–Crippen LogP) is 5.19. The van der Waals surface area contributed by atoms with E-state index < -0.39 is 11.6 Å². The molecule has 1 aliphatic heterocycles. The zero-order valence-corrected chi connectivity index (χ0v) is 18.4. The first-order chi connectivity index (χ1) is 14.3. The summed E-state index contributed by atoms with van der Waals surface area (Å²) in [6, 6.07) is 5.15. The van der Waals surface area contributed by atoms with Gasteiger partial charge in [-0.15, -0.1) is 12.3 Å². The molecule has 0 atom stereocenters. The summed E-state index contributed by atoms with van der Waals surface area (Å²) in [6.45, 7) is 8.44. The van der Waals surface area contributed by atoms with Gasteiger partial charge in [0, 0.05) is 18.7 Å². The number of hydrogen-bond acceptors (Lipinski definition) is 4. The average Bonchev–Trinajstić information content (AvgIpc) is 2.72. The van der Waals surface area contributed by atoms with E-state index in [2.05, 4.69) is 12.3 Å². The molecule has 0 bridgehead atoms. The van der Waals surface area contributed by atoms with E-state index in [0.717, 1.165) is 5.57 Å². The van der Waals surface area contributed by atoms with Gasteiger partial charge >= 0.3 is 5.97 Å². The molecular formula is C25H33NO4. The monoisotopic (exact) mass is 411 g/mol. The second kappa shape index (κ2) is 11.9. The van der Waals surface area contributed by atoms with Gasteiger partial charge in [0.1, 0.15) is 5.76 Å². The second-order valence-corrected chi connectivity index (χ2v) is 7.05. The number of carboxylic acid groups (broad SMARTS) is 1. The van der Waals surface area contributed by atoms with Crippen molar-refractivity contribution in [2.24, 2.45) is 0 Å². The Balaban J connectivity index is 0.00000141. The molecule has 30 heavy (non-hydrogen) atoms. The summed E-state index contributed by atoms with van der Waals surface area (Å²) in [4.78, 5) is 13.9. The van der Waals surface area contributed by atoms with Crippen LogP contribution < -0.4 is 4.90 Å². The van der Waals surface area contributed by atoms with Crippen LogP contribution in [0.25, 0.3) is 5.76 Å². The van der Waals surface area contributed by atoms with Crippen molar-refractivity contribution < 1.29 is 20.1 Å². The van der Waals surface area contributed by atoms with Crippen LogP contribution in [0.3, 0.4) is 0 Å². The summed E-state index contributed by atoms with van der Waals surface area (Å²) in [7, 11) is 0. The lowest BCUT2D eigenvalue weighted by Gasteiger charge is -2.40. The van der Waals surface area contributed by atoms with E-state index in [9.17, 15) is 20.1 Å². The number of rotatable bonds is 6. The van der Waals surface area contributed by atoms with Crippen molar-refractivity contribution in [1.82, 2.24) is 0 Å². The van der Waals surface area contributed by atoms with Gasteiger partial charge in [0.25, 0.3) is 0 Å². The minimum Gasteiger partial charge on any atom is -0.508 e. The molecule has 1 heterocycles. The molecule has 0 unspecified atom stereocenters. The molecular weight excluding hydrogens is 378 g/mol. The van der Waals surface area contributed by atoms with Crippen molar-refractivity contribution in [3.05, 3.63) is 59.2 Å². The first-order valence-corrected chi connectivity index (χ1v) is 10.2. The molecule has 1 aromatic carbocycles. The minimum absolute atomic E-state index is 0.0189. The van der Waals surface area contributed by atoms with Crippen LogP contribution in [-0.4, -0.2) is 40.0 Å². The van der Waals surface area contributed by atoms with Crippen molar-refractivity contribution in [3.63, 3.8) is 0 Å². The fourth-order valence-corrected chi connectivity index (χ4v) is 3.65. The zero-order chi connectivity index (χ0) is 22.7. The Bertz CT molecular complexity index is 850. The number of benzene rings is 1. The lowest BCUT2D eigenvalue weighted by Crippen LogP contribution is -2.45. The largest absolute Gasteiger partial charge is 0.508 e. The van der Waals surface area contributed by atoms with Crippen molar-refractivity contribution in [2.45, 2.75) is 52.6 Å². The smallest absolute Gasteiger partial charge is 0.338 e. The van der Waals surface area contributed by atoms with Crippen LogP contribution >= 0.6 is 0 Å². The summed E-state index contributed by atoms with van der Waals surface area (Å²) in [5, 5.41) is 31.0. The number of aromatic carboxylic acids is 1. The van der Waals surface area contributed by atoms with Crippen LogP contribution in [0.15, 0.2) is 48.1 Å². The fourth-order valence-electron chi connectivity index (χ4n) is 3.65. The number of carbonyl (C=O) groups is 1. The van der Waals surface area contributed by atoms with E-state index in [0.29, 0.717) is 43.6 Å². The second-order valence-electron chi connectivity index (χ2n) is 7.05. The number of aliphatic hydroxyl groups is 2. The van der Waals surface area contributed by atoms with Crippen molar-refractivity contribution in [2.75, 3.05) is 18.0 Å². The number of aliphatic hydroxyl groups excluding tert-OH is 1. The van der Waals surface area contributed by atoms with Gasteiger partial charge in [0.05, 0.1) is 16.9 Å². The maximum absolute atomic E-state index is 11.9. The number of terminal acetylenes is 1. The lowest BCUT2D eigenvalue weighted by molar-refractivity contribution is 0.0558. The molecule has 162 valence electrons.